The molecule has 0 saturated heterocycles. The Morgan fingerprint density at radius 2 is 1.64 bits per heavy atom. The molecule has 0 saturated carbocycles. The normalized spacial score (nSPS) is 11.8. The summed E-state index contributed by atoms with van der Waals surface area (Å²) in [7, 11) is 0. The first-order chi connectivity index (χ1) is 11.9. The number of benzene rings is 2. The summed E-state index contributed by atoms with van der Waals surface area (Å²) in [5, 5.41) is 0. The molecule has 0 bridgehead atoms. The zero-order valence-electron chi connectivity index (χ0n) is 13.6. The lowest BCUT2D eigenvalue weighted by atomic mass is 10.00. The Morgan fingerprint density at radius 1 is 0.880 bits per heavy atom. The molecule has 126 valence electrons. The van der Waals surface area contributed by atoms with Gasteiger partial charge in [-0.3, -0.25) is 4.98 Å². The van der Waals surface area contributed by atoms with E-state index in [0.717, 1.165) is 34.5 Å². The Morgan fingerprint density at radius 3 is 2.28 bits per heavy atom. The predicted octanol–water partition coefficient (Wildman–Crippen LogP) is 6.25. The number of rotatable bonds is 3. The van der Waals surface area contributed by atoms with E-state index in [-0.39, 0.29) is 0 Å². The van der Waals surface area contributed by atoms with Crippen molar-refractivity contribution in [1.82, 2.24) is 4.98 Å². The third-order valence-corrected chi connectivity index (χ3v) is 3.84. The van der Waals surface area contributed by atoms with Gasteiger partial charge in [0.2, 0.25) is 0 Å². The van der Waals surface area contributed by atoms with E-state index in [2.05, 4.69) is 11.1 Å². The lowest BCUT2D eigenvalue weighted by Crippen LogP contribution is -2.03. The van der Waals surface area contributed by atoms with Gasteiger partial charge in [-0.25, -0.2) is 0 Å². The number of hydrogen-bond donors (Lipinski definition) is 0. The minimum absolute atomic E-state index is 0.644. The van der Waals surface area contributed by atoms with Crippen LogP contribution in [0.2, 0.25) is 0 Å². The molecule has 3 rings (SSSR count). The zero-order valence-corrected chi connectivity index (χ0v) is 13.6. The lowest BCUT2D eigenvalue weighted by molar-refractivity contribution is -0.137. The summed E-state index contributed by atoms with van der Waals surface area (Å²) in [6, 6.07) is 16.9. The molecule has 0 aliphatic heterocycles. The van der Waals surface area contributed by atoms with Crippen molar-refractivity contribution in [1.29, 1.82) is 0 Å². The SMILES string of the molecule is Cc1ccc(/C=C/c2ccc(C(F)(F)F)cc2)c(-c2ccccn2)c1. The van der Waals surface area contributed by atoms with Crippen molar-refractivity contribution in [2.45, 2.75) is 13.1 Å². The highest BCUT2D eigenvalue weighted by Crippen LogP contribution is 2.29. The maximum atomic E-state index is 12.6. The zero-order chi connectivity index (χ0) is 17.9. The first kappa shape index (κ1) is 17.0. The van der Waals surface area contributed by atoms with Crippen LogP contribution in [0.3, 0.4) is 0 Å². The lowest BCUT2D eigenvalue weighted by Gasteiger charge is -2.08. The van der Waals surface area contributed by atoms with Crippen molar-refractivity contribution >= 4 is 12.2 Å². The Balaban J connectivity index is 1.92. The van der Waals surface area contributed by atoms with Gasteiger partial charge in [0.1, 0.15) is 0 Å². The summed E-state index contributed by atoms with van der Waals surface area (Å²) in [4.78, 5) is 4.39. The van der Waals surface area contributed by atoms with Crippen molar-refractivity contribution in [3.8, 4) is 11.3 Å². The van der Waals surface area contributed by atoms with Crippen molar-refractivity contribution < 1.29 is 13.2 Å². The fourth-order valence-corrected chi connectivity index (χ4v) is 2.53. The number of halogens is 3. The molecule has 0 amide bonds. The molecule has 0 spiro atoms. The van der Waals surface area contributed by atoms with E-state index >= 15 is 0 Å². The van der Waals surface area contributed by atoms with Crippen LogP contribution in [0.1, 0.15) is 22.3 Å². The molecule has 0 N–H and O–H groups in total. The van der Waals surface area contributed by atoms with Gasteiger partial charge in [-0.05, 0) is 48.4 Å². The third kappa shape index (κ3) is 4.15. The van der Waals surface area contributed by atoms with Crippen molar-refractivity contribution in [3.63, 3.8) is 0 Å². The molecule has 1 heterocycles. The fourth-order valence-electron chi connectivity index (χ4n) is 2.53. The Labute approximate surface area is 144 Å². The van der Waals surface area contributed by atoms with Gasteiger partial charge in [0, 0.05) is 11.8 Å². The van der Waals surface area contributed by atoms with Gasteiger partial charge in [0.25, 0.3) is 0 Å². The Kier molecular flexibility index (Phi) is 4.70. The van der Waals surface area contributed by atoms with Gasteiger partial charge in [-0.2, -0.15) is 13.2 Å². The molecular formula is C21H16F3N. The van der Waals surface area contributed by atoms with Crippen molar-refractivity contribution in [3.05, 3.63) is 89.1 Å². The minimum Gasteiger partial charge on any atom is -0.256 e. The monoisotopic (exact) mass is 339 g/mol. The standard InChI is InChI=1S/C21H16F3N/c1-15-5-9-17(19(14-15)20-4-2-3-13-25-20)10-6-16-7-11-18(12-8-16)21(22,23)24/h2-14H,1H3/b10-6+. The number of pyridine rings is 1. The largest absolute Gasteiger partial charge is 0.416 e. The topological polar surface area (TPSA) is 12.9 Å². The van der Waals surface area contributed by atoms with Gasteiger partial charge in [0.15, 0.2) is 0 Å². The Bertz CT molecular complexity index is 879. The van der Waals surface area contributed by atoms with Crippen LogP contribution in [-0.4, -0.2) is 4.98 Å². The number of aromatic nitrogens is 1. The van der Waals surface area contributed by atoms with Crippen LogP contribution in [0, 0.1) is 6.92 Å². The van der Waals surface area contributed by atoms with Crippen LogP contribution >= 0.6 is 0 Å². The second-order valence-corrected chi connectivity index (χ2v) is 5.76. The van der Waals surface area contributed by atoms with Crippen molar-refractivity contribution in [2.75, 3.05) is 0 Å². The van der Waals surface area contributed by atoms with Crippen LogP contribution in [0.15, 0.2) is 66.9 Å². The molecule has 3 aromatic rings. The van der Waals surface area contributed by atoms with Crippen LogP contribution in [-0.2, 0) is 6.18 Å². The second-order valence-electron chi connectivity index (χ2n) is 5.76. The summed E-state index contributed by atoms with van der Waals surface area (Å²) >= 11 is 0. The molecule has 1 nitrogen and oxygen atoms in total. The molecule has 4 heteroatoms. The number of nitrogens with zero attached hydrogens (tertiary/aromatic N) is 1. The van der Waals surface area contributed by atoms with Crippen LogP contribution in [0.5, 0.6) is 0 Å². The van der Waals surface area contributed by atoms with Crippen molar-refractivity contribution in [2.24, 2.45) is 0 Å². The summed E-state index contributed by atoms with van der Waals surface area (Å²) < 4.78 is 37.9. The smallest absolute Gasteiger partial charge is 0.256 e. The summed E-state index contributed by atoms with van der Waals surface area (Å²) in [5.74, 6) is 0. The first-order valence-corrected chi connectivity index (χ1v) is 7.81. The van der Waals surface area contributed by atoms with Gasteiger partial charge >= 0.3 is 6.18 Å². The van der Waals surface area contributed by atoms with Crippen LogP contribution < -0.4 is 0 Å². The minimum atomic E-state index is -4.31. The number of hydrogen-bond acceptors (Lipinski definition) is 1. The second kappa shape index (κ2) is 6.93. The van der Waals surface area contributed by atoms with Crippen LogP contribution in [0.4, 0.5) is 13.2 Å². The average molecular weight is 339 g/mol. The molecule has 0 fully saturated rings. The van der Waals surface area contributed by atoms with E-state index in [4.69, 9.17) is 0 Å². The molecule has 1 aromatic heterocycles. The molecule has 0 atom stereocenters. The van der Waals surface area contributed by atoms with Crippen LogP contribution in [0.25, 0.3) is 23.4 Å². The highest BCUT2D eigenvalue weighted by molar-refractivity contribution is 5.80. The molecule has 0 unspecified atom stereocenters. The van der Waals surface area contributed by atoms with Gasteiger partial charge in [0.05, 0.1) is 11.3 Å². The van der Waals surface area contributed by atoms with E-state index in [1.165, 1.54) is 12.1 Å². The highest BCUT2D eigenvalue weighted by Gasteiger charge is 2.29. The summed E-state index contributed by atoms with van der Waals surface area (Å²) in [6.45, 7) is 2.01. The van der Waals surface area contributed by atoms with E-state index in [0.29, 0.717) is 5.56 Å². The Hall–Kier alpha value is -2.88. The molecule has 0 aliphatic rings. The van der Waals surface area contributed by atoms with Gasteiger partial charge < -0.3 is 0 Å². The fraction of sp³-hybridized carbons (Fsp3) is 0.0952. The van der Waals surface area contributed by atoms with E-state index < -0.39 is 11.7 Å². The molecule has 0 radical (unpaired) electrons. The first-order valence-electron chi connectivity index (χ1n) is 7.81. The van der Waals surface area contributed by atoms with E-state index in [1.807, 2.05) is 43.3 Å². The summed E-state index contributed by atoms with van der Waals surface area (Å²) in [5.41, 5.74) is 3.99. The van der Waals surface area contributed by atoms with E-state index in [9.17, 15) is 13.2 Å². The molecular weight excluding hydrogens is 323 g/mol. The molecule has 0 aliphatic carbocycles. The predicted molar refractivity (Wildman–Crippen MR) is 94.8 cm³/mol. The number of aryl methyl sites for hydroxylation is 1. The third-order valence-electron chi connectivity index (χ3n) is 3.84. The average Bonchev–Trinajstić information content (AvgIpc) is 2.61. The quantitative estimate of drug-likeness (QED) is 0.514. The molecule has 2 aromatic carbocycles. The molecule has 25 heavy (non-hydrogen) atoms. The highest BCUT2D eigenvalue weighted by atomic mass is 19.4. The van der Waals surface area contributed by atoms with E-state index in [1.54, 1.807) is 12.3 Å². The maximum absolute atomic E-state index is 12.6. The number of alkyl halides is 3. The summed E-state index contributed by atoms with van der Waals surface area (Å²) in [6.07, 6.45) is 1.12. The van der Waals surface area contributed by atoms with Gasteiger partial charge in [-0.15, -0.1) is 0 Å². The van der Waals surface area contributed by atoms with Gasteiger partial charge in [-0.1, -0.05) is 48.0 Å². The maximum Gasteiger partial charge on any atom is 0.416 e.